The summed E-state index contributed by atoms with van der Waals surface area (Å²) in [5.74, 6) is -2.50. The monoisotopic (exact) mass is 1880 g/mol. The number of carbonyl (C=O) groups is 8. The Morgan fingerprint density at radius 1 is 0.316 bits per heavy atom. The number of hydrogen-bond donors (Lipinski definition) is 16. The Morgan fingerprint density at radius 3 is 0.940 bits per heavy atom. The largest absolute Gasteiger partial charge is 0.462 e. The van der Waals surface area contributed by atoms with Crippen molar-refractivity contribution in [1.82, 2.24) is 108 Å². The summed E-state index contributed by atoms with van der Waals surface area (Å²) in [5, 5.41) is 65.3. The fraction of sp³-hybridized carbons (Fsp3) is 0.560. The minimum absolute atomic E-state index is 0.0767. The molecule has 0 atom stereocenters. The van der Waals surface area contributed by atoms with E-state index in [1.54, 1.807) is 23.1 Å². The quantitative estimate of drug-likeness (QED) is 0.0112. The Bertz CT molecular complexity index is 4330. The van der Waals surface area contributed by atoms with Crippen molar-refractivity contribution in [2.75, 3.05) is 138 Å². The van der Waals surface area contributed by atoms with Crippen molar-refractivity contribution in [3.8, 4) is 12.0 Å². The van der Waals surface area contributed by atoms with E-state index in [0.717, 1.165) is 13.1 Å². The fourth-order valence-corrected chi connectivity index (χ4v) is 8.89. The highest BCUT2D eigenvalue weighted by molar-refractivity contribution is 5.96. The van der Waals surface area contributed by atoms with E-state index >= 15 is 0 Å². The van der Waals surface area contributed by atoms with E-state index in [1.165, 1.54) is 120 Å². The summed E-state index contributed by atoms with van der Waals surface area (Å²) < 4.78 is 44.0. The normalized spacial score (nSPS) is 11.2. The average Bonchev–Trinajstić information content (AvgIpc) is 0.850. The summed E-state index contributed by atoms with van der Waals surface area (Å²) in [5.41, 5.74) is 10.8. The van der Waals surface area contributed by atoms with Crippen molar-refractivity contribution in [1.29, 1.82) is 0 Å². The molecule has 7 aromatic heterocycles. The summed E-state index contributed by atoms with van der Waals surface area (Å²) in [7, 11) is 3.85. The highest BCUT2D eigenvalue weighted by Crippen LogP contribution is 2.18. The second-order valence-electron chi connectivity index (χ2n) is 34.7. The van der Waals surface area contributed by atoms with E-state index in [4.69, 9.17) is 74.3 Å². The maximum atomic E-state index is 11.6. The Labute approximate surface area is 774 Å². The van der Waals surface area contributed by atoms with Crippen LogP contribution in [0.3, 0.4) is 0 Å². The van der Waals surface area contributed by atoms with Crippen LogP contribution in [0.15, 0.2) is 92.7 Å². The molecule has 0 aliphatic carbocycles. The first-order chi connectivity index (χ1) is 62.0. The molecule has 133 heavy (non-hydrogen) atoms. The number of ether oxygens (including phenoxy) is 8. The molecule has 0 aliphatic rings. The molecule has 16 N–H and O–H groups in total. The fourth-order valence-electron chi connectivity index (χ4n) is 8.89. The van der Waals surface area contributed by atoms with Gasteiger partial charge in [-0.2, -0.15) is 0 Å². The maximum absolute atomic E-state index is 11.6. The van der Waals surface area contributed by atoms with Crippen LogP contribution in [0.4, 0.5) is 29.6 Å². The Balaban J connectivity index is 0.000000776. The lowest BCUT2D eigenvalue weighted by molar-refractivity contribution is -0.117. The molecule has 740 valence electrons. The summed E-state index contributed by atoms with van der Waals surface area (Å²) >= 11 is 0. The topological polar surface area (TPSA) is 641 Å². The first kappa shape index (κ1) is 119. The van der Waals surface area contributed by atoms with E-state index in [-0.39, 0.29) is 96.4 Å². The molecule has 0 saturated heterocycles. The van der Waals surface area contributed by atoms with Crippen LogP contribution in [0, 0.1) is 0 Å². The third-order valence-electron chi connectivity index (χ3n) is 16.0. The average molecular weight is 1880 g/mol. The van der Waals surface area contributed by atoms with E-state index < -0.39 is 41.4 Å². The molecule has 8 amide bonds. The third-order valence-corrected chi connectivity index (χ3v) is 16.0. The summed E-state index contributed by atoms with van der Waals surface area (Å²) in [4.78, 5) is 148. The number of amides is 8. The summed E-state index contributed by atoms with van der Waals surface area (Å²) in [6, 6.07) is 3.60. The van der Waals surface area contributed by atoms with Crippen LogP contribution in [0.25, 0.3) is 0 Å². The molecule has 49 nitrogen and oxygen atoms in total. The van der Waals surface area contributed by atoms with E-state index in [9.17, 15) is 38.4 Å². The molecule has 0 fully saturated rings. The van der Waals surface area contributed by atoms with Crippen LogP contribution in [-0.4, -0.2) is 305 Å². The van der Waals surface area contributed by atoms with Gasteiger partial charge in [0, 0.05) is 139 Å². The van der Waals surface area contributed by atoms with Crippen molar-refractivity contribution in [3.05, 3.63) is 132 Å². The summed E-state index contributed by atoms with van der Waals surface area (Å²) in [6.07, 6.45) is 17.1. The SMILES string of the molecule is CC(=O)N(CCOC(C)(C)C)c1ncc(C(=O)NO)cn1.CC(C)(C)OCCNc1ccc(C(=O)NO)cn1.CC(C)(C)OCCNc1ncc(C(=O)NO)cn1.CC(C)(C)OCCOc1ncc(C(=O)NO)cn1.CCN(CCOC(C)(C)C)c1ncc(C(=O)NO)cn1.CN(CCOC(C)(C)C)c1ncc(C(=O)NO)cn1.CN(CCOc1ncc(C(=O)NO)cn1)C(C)(C)C. The molecule has 7 aromatic rings. The maximum Gasteiger partial charge on any atom is 0.316 e. The van der Waals surface area contributed by atoms with Gasteiger partial charge in [0.2, 0.25) is 29.7 Å². The van der Waals surface area contributed by atoms with Crippen LogP contribution in [0.2, 0.25) is 0 Å². The van der Waals surface area contributed by atoms with Gasteiger partial charge in [-0.1, -0.05) is 0 Å². The van der Waals surface area contributed by atoms with Gasteiger partial charge in [0.1, 0.15) is 19.0 Å². The molecular formula is C84H136N26O23. The number of hydrogen-bond acceptors (Lipinski definition) is 41. The predicted molar refractivity (Wildman–Crippen MR) is 485 cm³/mol. The highest BCUT2D eigenvalue weighted by atomic mass is 16.5. The molecule has 0 spiro atoms. The molecule has 0 radical (unpaired) electrons. The number of aromatic nitrogens is 13. The van der Waals surface area contributed by atoms with Crippen molar-refractivity contribution in [3.63, 3.8) is 0 Å². The van der Waals surface area contributed by atoms with Gasteiger partial charge in [-0.15, -0.1) is 0 Å². The molecule has 0 bridgehead atoms. The van der Waals surface area contributed by atoms with Crippen LogP contribution in [0.5, 0.6) is 12.0 Å². The minimum atomic E-state index is -0.716. The number of likely N-dealkylation sites (N-methyl/N-ethyl adjacent to an activating group) is 3. The van der Waals surface area contributed by atoms with Gasteiger partial charge in [-0.3, -0.25) is 84.6 Å². The lowest BCUT2D eigenvalue weighted by Crippen LogP contribution is -2.40. The lowest BCUT2D eigenvalue weighted by Gasteiger charge is -2.31. The number of pyridine rings is 1. The van der Waals surface area contributed by atoms with Crippen LogP contribution >= 0.6 is 0 Å². The molecule has 0 unspecified atom stereocenters. The van der Waals surface area contributed by atoms with Gasteiger partial charge in [0.15, 0.2) is 0 Å². The molecule has 49 heteroatoms. The lowest BCUT2D eigenvalue weighted by atomic mass is 10.1. The molecule has 7 heterocycles. The molecule has 7 rings (SSSR count). The smallest absolute Gasteiger partial charge is 0.316 e. The Kier molecular flexibility index (Phi) is 53.4. The van der Waals surface area contributed by atoms with Gasteiger partial charge in [-0.25, -0.2) is 103 Å². The van der Waals surface area contributed by atoms with E-state index in [0.29, 0.717) is 115 Å². The van der Waals surface area contributed by atoms with Crippen molar-refractivity contribution in [2.45, 2.75) is 198 Å². The van der Waals surface area contributed by atoms with Crippen molar-refractivity contribution in [2.24, 2.45) is 0 Å². The van der Waals surface area contributed by atoms with Gasteiger partial charge < -0.3 is 58.3 Å². The molecule has 0 aromatic carbocycles. The predicted octanol–water partition coefficient (Wildman–Crippen LogP) is 6.59. The standard InChI is InChI=1S/C13H20N4O4.C13H22N4O3.2C12H20N4O3.C12H19N3O3.C11H18N4O3.C11H17N3O4/c1-9(18)17(5-6-21-13(2,3)4)12-14-7-10(8-15-12)11(19)16-20;1-5-17(6-7-20-13(2,3)4)12-14-8-10(9-15-12)11(18)16-19;1-12(2,3)16(4)5-6-19-11-13-7-9(8-14-11)10(17)15-18;1-12(2,3)19-6-5-16(4)11-13-7-9(8-14-11)10(17)15-18;1-12(2,3)18-7-6-13-10-5-4-9(8-14-10)11(16)15-17;1-11(2,3)18-5-4-12-10-13-6-8(7-14-10)9(16)15-17;1-11(2,3)18-5-4-17-10-12-6-8(7-13-10)9(15)14-16/h7-8,20H,5-6H2,1-4H3,(H,16,19);8-9,19H,5-7H2,1-4H3,(H,16,18);2*7-8,18H,5-6H2,1-4H3,(H,15,17);4-5,8,17H,6-7H2,1-3H3,(H,13,14)(H,15,16);6-7,17H,4-5H2,1-3H3,(H,15,16)(H,12,13,14);6-7,16H,4-5H2,1-3H3,(H,14,15). The number of carbonyl (C=O) groups excluding carboxylic acids is 8. The van der Waals surface area contributed by atoms with Gasteiger partial charge in [0.05, 0.1) is 119 Å². The number of rotatable bonds is 36. The van der Waals surface area contributed by atoms with Crippen molar-refractivity contribution < 1.29 is 113 Å². The number of hydroxylamine groups is 7. The molecule has 0 aliphatic heterocycles. The van der Waals surface area contributed by atoms with E-state index in [2.05, 4.69) is 101 Å². The number of nitrogens with zero attached hydrogens (tertiary/aromatic N) is 17. The second-order valence-corrected chi connectivity index (χ2v) is 34.7. The minimum Gasteiger partial charge on any atom is -0.462 e. The molecule has 0 saturated carbocycles. The van der Waals surface area contributed by atoms with Crippen LogP contribution in [-0.2, 0) is 33.2 Å². The highest BCUT2D eigenvalue weighted by Gasteiger charge is 2.22. The zero-order valence-corrected chi connectivity index (χ0v) is 80.5. The van der Waals surface area contributed by atoms with Gasteiger partial charge in [-0.05, 0) is 172 Å². The van der Waals surface area contributed by atoms with Crippen LogP contribution in [0.1, 0.15) is 232 Å². The Morgan fingerprint density at radius 2 is 0.609 bits per heavy atom. The molecular weight excluding hydrogens is 1740 g/mol. The van der Waals surface area contributed by atoms with Crippen LogP contribution < -0.4 is 73.2 Å². The number of anilines is 5. The first-order valence-corrected chi connectivity index (χ1v) is 41.6. The zero-order chi connectivity index (χ0) is 101. The zero-order valence-electron chi connectivity index (χ0n) is 80.5. The van der Waals surface area contributed by atoms with Crippen molar-refractivity contribution >= 4 is 76.9 Å². The second kappa shape index (κ2) is 59.9. The first-order valence-electron chi connectivity index (χ1n) is 41.6. The third kappa shape index (κ3) is 54.3. The van der Waals surface area contributed by atoms with Gasteiger partial charge in [0.25, 0.3) is 41.4 Å². The summed E-state index contributed by atoms with van der Waals surface area (Å²) in [6.45, 7) is 53.3. The van der Waals surface area contributed by atoms with Gasteiger partial charge >= 0.3 is 12.0 Å². The number of nitrogens with one attached hydrogen (secondary N) is 9. The van der Waals surface area contributed by atoms with E-state index in [1.807, 2.05) is 155 Å². The Hall–Kier alpha value is -12.4.